The smallest absolute Gasteiger partial charge is 0.119 e. The number of ether oxygens (including phenoxy) is 1. The van der Waals surface area contributed by atoms with Crippen molar-refractivity contribution in [2.75, 3.05) is 32.8 Å². The molecule has 2 rings (SSSR count). The molecule has 0 spiro atoms. The Bertz CT molecular complexity index is 407. The average molecular weight is 357 g/mol. The Morgan fingerprint density at radius 3 is 2.62 bits per heavy atom. The standard InChI is InChI=1S/C16H25BrN2O2/c1-13(11-19-8-2-3-9-19)18-10-15(20)12-21-16-6-4-14(17)5-7-16/h4-7,13,15,18,20H,2-3,8-12H2,1H3. The predicted octanol–water partition coefficient (Wildman–Crippen LogP) is 2.26. The van der Waals surface area contributed by atoms with Gasteiger partial charge in [-0.3, -0.25) is 0 Å². The maximum Gasteiger partial charge on any atom is 0.119 e. The summed E-state index contributed by atoms with van der Waals surface area (Å²) in [6.07, 6.45) is 2.14. The topological polar surface area (TPSA) is 44.7 Å². The van der Waals surface area contributed by atoms with Gasteiger partial charge in [0.1, 0.15) is 18.5 Å². The molecule has 0 amide bonds. The van der Waals surface area contributed by atoms with Gasteiger partial charge in [-0.05, 0) is 57.1 Å². The summed E-state index contributed by atoms with van der Waals surface area (Å²) in [6, 6.07) is 8.03. The summed E-state index contributed by atoms with van der Waals surface area (Å²) in [6.45, 7) is 6.51. The van der Waals surface area contributed by atoms with Gasteiger partial charge in [-0.25, -0.2) is 0 Å². The van der Waals surface area contributed by atoms with E-state index in [1.807, 2.05) is 24.3 Å². The van der Waals surface area contributed by atoms with Crippen molar-refractivity contribution in [2.24, 2.45) is 0 Å². The van der Waals surface area contributed by atoms with Crippen LogP contribution in [0.2, 0.25) is 0 Å². The number of hydrogen-bond acceptors (Lipinski definition) is 4. The molecule has 1 heterocycles. The fraction of sp³-hybridized carbons (Fsp3) is 0.625. The van der Waals surface area contributed by atoms with Gasteiger partial charge in [0.2, 0.25) is 0 Å². The summed E-state index contributed by atoms with van der Waals surface area (Å²) in [4.78, 5) is 2.47. The molecule has 0 aromatic heterocycles. The number of nitrogens with zero attached hydrogens (tertiary/aromatic N) is 1. The minimum Gasteiger partial charge on any atom is -0.491 e. The molecule has 0 saturated carbocycles. The lowest BCUT2D eigenvalue weighted by molar-refractivity contribution is 0.102. The third-order valence-corrected chi connectivity index (χ3v) is 4.22. The molecule has 0 bridgehead atoms. The summed E-state index contributed by atoms with van der Waals surface area (Å²) < 4.78 is 6.59. The van der Waals surface area contributed by atoms with E-state index in [0.29, 0.717) is 19.2 Å². The average Bonchev–Trinajstić information content (AvgIpc) is 2.97. The number of aliphatic hydroxyl groups is 1. The van der Waals surface area contributed by atoms with Gasteiger partial charge in [0.25, 0.3) is 0 Å². The van der Waals surface area contributed by atoms with E-state index in [1.54, 1.807) is 0 Å². The van der Waals surface area contributed by atoms with E-state index >= 15 is 0 Å². The molecule has 2 unspecified atom stereocenters. The molecule has 21 heavy (non-hydrogen) atoms. The Balaban J connectivity index is 1.60. The first kappa shape index (κ1) is 16.7. The van der Waals surface area contributed by atoms with Gasteiger partial charge in [-0.15, -0.1) is 0 Å². The van der Waals surface area contributed by atoms with Crippen LogP contribution in [0.3, 0.4) is 0 Å². The van der Waals surface area contributed by atoms with Crippen molar-refractivity contribution >= 4 is 15.9 Å². The minimum atomic E-state index is -0.491. The van der Waals surface area contributed by atoms with E-state index in [0.717, 1.165) is 16.8 Å². The second kappa shape index (κ2) is 8.73. The Morgan fingerprint density at radius 1 is 1.29 bits per heavy atom. The van der Waals surface area contributed by atoms with Gasteiger partial charge < -0.3 is 20.1 Å². The highest BCUT2D eigenvalue weighted by atomic mass is 79.9. The van der Waals surface area contributed by atoms with E-state index in [1.165, 1.54) is 25.9 Å². The van der Waals surface area contributed by atoms with E-state index < -0.39 is 6.10 Å². The van der Waals surface area contributed by atoms with Gasteiger partial charge in [0, 0.05) is 23.6 Å². The van der Waals surface area contributed by atoms with Crippen molar-refractivity contribution in [1.82, 2.24) is 10.2 Å². The Kier molecular flexibility index (Phi) is 6.96. The van der Waals surface area contributed by atoms with Gasteiger partial charge in [-0.1, -0.05) is 15.9 Å². The van der Waals surface area contributed by atoms with Gasteiger partial charge in [-0.2, -0.15) is 0 Å². The van der Waals surface area contributed by atoms with E-state index in [4.69, 9.17) is 4.74 Å². The first-order valence-electron chi connectivity index (χ1n) is 7.65. The van der Waals surface area contributed by atoms with Crippen LogP contribution in [0.5, 0.6) is 5.75 Å². The quantitative estimate of drug-likeness (QED) is 0.749. The molecule has 0 aliphatic carbocycles. The molecular weight excluding hydrogens is 332 g/mol. The molecule has 118 valence electrons. The van der Waals surface area contributed by atoms with Crippen LogP contribution in [0.15, 0.2) is 28.7 Å². The normalized spacial score (nSPS) is 18.6. The molecule has 2 N–H and O–H groups in total. The molecule has 1 aromatic rings. The number of nitrogens with one attached hydrogen (secondary N) is 1. The van der Waals surface area contributed by atoms with E-state index in [-0.39, 0.29) is 0 Å². The minimum absolute atomic E-state index is 0.311. The van der Waals surface area contributed by atoms with Crippen molar-refractivity contribution in [3.63, 3.8) is 0 Å². The van der Waals surface area contributed by atoms with Crippen LogP contribution in [0.25, 0.3) is 0 Å². The molecule has 1 saturated heterocycles. The monoisotopic (exact) mass is 356 g/mol. The molecule has 1 aromatic carbocycles. The Morgan fingerprint density at radius 2 is 1.95 bits per heavy atom. The van der Waals surface area contributed by atoms with Crippen molar-refractivity contribution in [3.8, 4) is 5.75 Å². The molecule has 1 aliphatic rings. The lowest BCUT2D eigenvalue weighted by Crippen LogP contribution is -2.42. The Hall–Kier alpha value is -0.620. The lowest BCUT2D eigenvalue weighted by Gasteiger charge is -2.22. The highest BCUT2D eigenvalue weighted by molar-refractivity contribution is 9.10. The summed E-state index contributed by atoms with van der Waals surface area (Å²) in [5, 5.41) is 13.3. The zero-order chi connectivity index (χ0) is 15.1. The summed E-state index contributed by atoms with van der Waals surface area (Å²) in [5.41, 5.74) is 0. The highest BCUT2D eigenvalue weighted by Crippen LogP contribution is 2.16. The highest BCUT2D eigenvalue weighted by Gasteiger charge is 2.15. The predicted molar refractivity (Wildman–Crippen MR) is 88.8 cm³/mol. The lowest BCUT2D eigenvalue weighted by atomic mass is 10.3. The number of aliphatic hydroxyl groups excluding tert-OH is 1. The van der Waals surface area contributed by atoms with E-state index in [2.05, 4.69) is 33.1 Å². The Labute approximate surface area is 135 Å². The maximum absolute atomic E-state index is 9.96. The zero-order valence-electron chi connectivity index (χ0n) is 12.6. The maximum atomic E-state index is 9.96. The van der Waals surface area contributed by atoms with Crippen LogP contribution in [0.4, 0.5) is 0 Å². The summed E-state index contributed by atoms with van der Waals surface area (Å²) >= 11 is 3.38. The SMILES string of the molecule is CC(CN1CCCC1)NCC(O)COc1ccc(Br)cc1. The van der Waals surface area contributed by atoms with Crippen molar-refractivity contribution in [2.45, 2.75) is 31.9 Å². The number of hydrogen-bond donors (Lipinski definition) is 2. The number of likely N-dealkylation sites (tertiary alicyclic amines) is 1. The first-order valence-corrected chi connectivity index (χ1v) is 8.45. The van der Waals surface area contributed by atoms with Crippen LogP contribution < -0.4 is 10.1 Å². The largest absolute Gasteiger partial charge is 0.491 e. The van der Waals surface area contributed by atoms with Gasteiger partial charge in [0.15, 0.2) is 0 Å². The molecule has 1 fully saturated rings. The third-order valence-electron chi connectivity index (χ3n) is 3.69. The van der Waals surface area contributed by atoms with Crippen LogP contribution in [0, 0.1) is 0 Å². The number of rotatable bonds is 8. The zero-order valence-corrected chi connectivity index (χ0v) is 14.2. The molecule has 4 nitrogen and oxygen atoms in total. The molecular formula is C16H25BrN2O2. The molecule has 5 heteroatoms. The van der Waals surface area contributed by atoms with Crippen LogP contribution in [-0.4, -0.2) is 54.9 Å². The van der Waals surface area contributed by atoms with Crippen molar-refractivity contribution in [1.29, 1.82) is 0 Å². The van der Waals surface area contributed by atoms with Crippen LogP contribution in [-0.2, 0) is 0 Å². The molecule has 0 radical (unpaired) electrons. The second-order valence-corrected chi connectivity index (χ2v) is 6.65. The second-order valence-electron chi connectivity index (χ2n) is 5.74. The fourth-order valence-electron chi connectivity index (χ4n) is 2.54. The van der Waals surface area contributed by atoms with Crippen molar-refractivity contribution in [3.05, 3.63) is 28.7 Å². The van der Waals surface area contributed by atoms with Crippen LogP contribution in [0.1, 0.15) is 19.8 Å². The van der Waals surface area contributed by atoms with Gasteiger partial charge in [0.05, 0.1) is 0 Å². The molecule has 1 aliphatic heterocycles. The fourth-order valence-corrected chi connectivity index (χ4v) is 2.80. The summed E-state index contributed by atoms with van der Waals surface area (Å²) in [7, 11) is 0. The van der Waals surface area contributed by atoms with Crippen molar-refractivity contribution < 1.29 is 9.84 Å². The van der Waals surface area contributed by atoms with Gasteiger partial charge >= 0.3 is 0 Å². The number of halogens is 1. The summed E-state index contributed by atoms with van der Waals surface area (Å²) in [5.74, 6) is 0.780. The van der Waals surface area contributed by atoms with Crippen LogP contribution >= 0.6 is 15.9 Å². The molecule has 2 atom stereocenters. The first-order chi connectivity index (χ1) is 10.1. The van der Waals surface area contributed by atoms with E-state index in [9.17, 15) is 5.11 Å². The third kappa shape index (κ3) is 6.34. The number of benzene rings is 1.